The van der Waals surface area contributed by atoms with Crippen LogP contribution in [0.5, 0.6) is 0 Å². The highest BCUT2D eigenvalue weighted by Crippen LogP contribution is 2.17. The van der Waals surface area contributed by atoms with Crippen molar-refractivity contribution >= 4 is 27.7 Å². The highest BCUT2D eigenvalue weighted by Gasteiger charge is 2.19. The number of sulfonamides is 1. The summed E-state index contributed by atoms with van der Waals surface area (Å²) in [5.74, 6) is -0.611. The van der Waals surface area contributed by atoms with Crippen LogP contribution in [0.25, 0.3) is 0 Å². The summed E-state index contributed by atoms with van der Waals surface area (Å²) in [5, 5.41) is 2.36. The van der Waals surface area contributed by atoms with Gasteiger partial charge in [-0.05, 0) is 38.1 Å². The molecule has 8 heteroatoms. The van der Waals surface area contributed by atoms with E-state index in [4.69, 9.17) is 4.74 Å². The van der Waals surface area contributed by atoms with Crippen LogP contribution in [0.2, 0.25) is 0 Å². The zero-order valence-electron chi connectivity index (χ0n) is 13.8. The van der Waals surface area contributed by atoms with E-state index in [0.717, 1.165) is 5.56 Å². The third-order valence-electron chi connectivity index (χ3n) is 3.23. The lowest BCUT2D eigenvalue weighted by Gasteiger charge is -2.11. The number of hydrogen-bond acceptors (Lipinski definition) is 5. The van der Waals surface area contributed by atoms with E-state index in [0.29, 0.717) is 0 Å². The lowest BCUT2D eigenvalue weighted by molar-refractivity contribution is 0.0527. The molecule has 0 aliphatic carbocycles. The number of esters is 1. The summed E-state index contributed by atoms with van der Waals surface area (Å²) in [4.78, 5) is 23.9. The van der Waals surface area contributed by atoms with Gasteiger partial charge in [0, 0.05) is 0 Å². The van der Waals surface area contributed by atoms with Crippen molar-refractivity contribution in [1.29, 1.82) is 0 Å². The van der Waals surface area contributed by atoms with Crippen LogP contribution in [0.4, 0.5) is 10.5 Å². The van der Waals surface area contributed by atoms with Gasteiger partial charge in [0.05, 0.1) is 22.8 Å². The summed E-state index contributed by atoms with van der Waals surface area (Å²) in [6.07, 6.45) is 0. The summed E-state index contributed by atoms with van der Waals surface area (Å²) in [6, 6.07) is 11.2. The highest BCUT2D eigenvalue weighted by atomic mass is 32.2. The molecule has 7 nitrogen and oxygen atoms in total. The number of ether oxygens (including phenoxy) is 1. The maximum absolute atomic E-state index is 12.2. The first-order chi connectivity index (χ1) is 11.8. The van der Waals surface area contributed by atoms with Crippen molar-refractivity contribution in [2.45, 2.75) is 18.7 Å². The summed E-state index contributed by atoms with van der Waals surface area (Å²) in [6.45, 7) is 3.67. The van der Waals surface area contributed by atoms with Crippen LogP contribution in [-0.4, -0.2) is 27.0 Å². The first kappa shape index (κ1) is 18.5. The monoisotopic (exact) mass is 362 g/mol. The Hall–Kier alpha value is -2.87. The SMILES string of the molecule is CCOC(=O)c1ccccc1NC(=O)NS(=O)(=O)c1ccc(C)cc1. The lowest BCUT2D eigenvalue weighted by atomic mass is 10.2. The third-order valence-corrected chi connectivity index (χ3v) is 4.58. The number of urea groups is 1. The van der Waals surface area contributed by atoms with Gasteiger partial charge < -0.3 is 10.1 Å². The average molecular weight is 362 g/mol. The van der Waals surface area contributed by atoms with Gasteiger partial charge in [0.15, 0.2) is 0 Å². The molecular weight excluding hydrogens is 344 g/mol. The Morgan fingerprint density at radius 1 is 1.04 bits per heavy atom. The van der Waals surface area contributed by atoms with E-state index >= 15 is 0 Å². The normalized spacial score (nSPS) is 10.8. The molecule has 2 amide bonds. The highest BCUT2D eigenvalue weighted by molar-refractivity contribution is 7.90. The fraction of sp³-hybridized carbons (Fsp3) is 0.176. The van der Waals surface area contributed by atoms with E-state index in [9.17, 15) is 18.0 Å². The Bertz CT molecular complexity index is 876. The van der Waals surface area contributed by atoms with E-state index in [-0.39, 0.29) is 22.8 Å². The minimum absolute atomic E-state index is 0.0353. The molecule has 2 aromatic rings. The van der Waals surface area contributed by atoms with Crippen molar-refractivity contribution in [1.82, 2.24) is 4.72 Å². The first-order valence-electron chi connectivity index (χ1n) is 7.50. The molecule has 25 heavy (non-hydrogen) atoms. The Morgan fingerprint density at radius 2 is 1.68 bits per heavy atom. The van der Waals surface area contributed by atoms with Crippen LogP contribution in [0.1, 0.15) is 22.8 Å². The first-order valence-corrected chi connectivity index (χ1v) is 8.98. The van der Waals surface area contributed by atoms with Gasteiger partial charge in [-0.1, -0.05) is 29.8 Å². The molecular formula is C17H18N2O5S. The van der Waals surface area contributed by atoms with Crippen molar-refractivity contribution in [2.75, 3.05) is 11.9 Å². The van der Waals surface area contributed by atoms with Crippen molar-refractivity contribution < 1.29 is 22.7 Å². The molecule has 2 N–H and O–H groups in total. The fourth-order valence-corrected chi connectivity index (χ4v) is 2.93. The van der Waals surface area contributed by atoms with Gasteiger partial charge in [-0.2, -0.15) is 0 Å². The molecule has 0 aromatic heterocycles. The smallest absolute Gasteiger partial charge is 0.340 e. The topological polar surface area (TPSA) is 102 Å². The van der Waals surface area contributed by atoms with Crippen LogP contribution in [0.3, 0.4) is 0 Å². The molecule has 0 atom stereocenters. The molecule has 0 aliphatic heterocycles. The second-order valence-corrected chi connectivity index (χ2v) is 6.82. The molecule has 0 heterocycles. The standard InChI is InChI=1S/C17H18N2O5S/c1-3-24-16(20)14-6-4-5-7-15(14)18-17(21)19-25(22,23)13-10-8-12(2)9-11-13/h4-11H,3H2,1-2H3,(H2,18,19,21). The van der Waals surface area contributed by atoms with E-state index in [2.05, 4.69) is 5.32 Å². The zero-order valence-corrected chi connectivity index (χ0v) is 14.6. The number of rotatable bonds is 5. The maximum atomic E-state index is 12.2. The number of amides is 2. The predicted octanol–water partition coefficient (Wildman–Crippen LogP) is 2.68. The van der Waals surface area contributed by atoms with E-state index in [1.807, 2.05) is 11.6 Å². The van der Waals surface area contributed by atoms with Gasteiger partial charge >= 0.3 is 12.0 Å². The Balaban J connectivity index is 2.15. The third kappa shape index (κ3) is 4.80. The summed E-state index contributed by atoms with van der Waals surface area (Å²) >= 11 is 0. The Labute approximate surface area is 146 Å². The summed E-state index contributed by atoms with van der Waals surface area (Å²) in [5.41, 5.74) is 1.18. The number of anilines is 1. The number of hydrogen-bond donors (Lipinski definition) is 2. The van der Waals surface area contributed by atoms with Gasteiger partial charge in [-0.15, -0.1) is 0 Å². The number of benzene rings is 2. The van der Waals surface area contributed by atoms with Crippen molar-refractivity contribution in [3.63, 3.8) is 0 Å². The molecule has 0 saturated heterocycles. The molecule has 0 aliphatic rings. The average Bonchev–Trinajstić information content (AvgIpc) is 2.55. The molecule has 0 bridgehead atoms. The molecule has 0 unspecified atom stereocenters. The quantitative estimate of drug-likeness (QED) is 0.796. The number of para-hydroxylation sites is 1. The van der Waals surface area contributed by atoms with Crippen LogP contribution in [-0.2, 0) is 14.8 Å². The van der Waals surface area contributed by atoms with Crippen LogP contribution < -0.4 is 10.0 Å². The van der Waals surface area contributed by atoms with Crippen molar-refractivity contribution in [3.05, 3.63) is 59.7 Å². The van der Waals surface area contributed by atoms with Gasteiger partial charge in [0.25, 0.3) is 10.0 Å². The van der Waals surface area contributed by atoms with E-state index in [1.54, 1.807) is 31.2 Å². The van der Waals surface area contributed by atoms with Crippen LogP contribution >= 0.6 is 0 Å². The number of aryl methyl sites for hydroxylation is 1. The lowest BCUT2D eigenvalue weighted by Crippen LogP contribution is -2.34. The Kier molecular flexibility index (Phi) is 5.76. The molecule has 132 valence electrons. The maximum Gasteiger partial charge on any atom is 0.340 e. The molecule has 0 spiro atoms. The minimum Gasteiger partial charge on any atom is -0.462 e. The largest absolute Gasteiger partial charge is 0.462 e. The van der Waals surface area contributed by atoms with Crippen LogP contribution in [0.15, 0.2) is 53.4 Å². The van der Waals surface area contributed by atoms with Crippen molar-refractivity contribution in [2.24, 2.45) is 0 Å². The van der Waals surface area contributed by atoms with Crippen LogP contribution in [0, 0.1) is 6.92 Å². The van der Waals surface area contributed by atoms with Gasteiger partial charge in [-0.3, -0.25) is 0 Å². The predicted molar refractivity (Wildman–Crippen MR) is 92.9 cm³/mol. The van der Waals surface area contributed by atoms with Gasteiger partial charge in [0.1, 0.15) is 0 Å². The van der Waals surface area contributed by atoms with E-state index in [1.165, 1.54) is 24.3 Å². The molecule has 0 fully saturated rings. The van der Waals surface area contributed by atoms with Crippen molar-refractivity contribution in [3.8, 4) is 0 Å². The number of carbonyl (C=O) groups excluding carboxylic acids is 2. The molecule has 2 aromatic carbocycles. The zero-order chi connectivity index (χ0) is 18.4. The second-order valence-electron chi connectivity index (χ2n) is 5.14. The second kappa shape index (κ2) is 7.80. The summed E-state index contributed by atoms with van der Waals surface area (Å²) in [7, 11) is -4.02. The number of carbonyl (C=O) groups is 2. The summed E-state index contributed by atoms with van der Waals surface area (Å²) < 4.78 is 31.2. The minimum atomic E-state index is -4.02. The van der Waals surface area contributed by atoms with Gasteiger partial charge in [0.2, 0.25) is 0 Å². The molecule has 0 saturated carbocycles. The van der Waals surface area contributed by atoms with E-state index < -0.39 is 22.0 Å². The Morgan fingerprint density at radius 3 is 2.32 bits per heavy atom. The fourth-order valence-electron chi connectivity index (χ4n) is 2.03. The molecule has 2 rings (SSSR count). The molecule has 0 radical (unpaired) electrons. The number of nitrogens with one attached hydrogen (secondary N) is 2. The van der Waals surface area contributed by atoms with Gasteiger partial charge in [-0.25, -0.2) is 22.7 Å².